The second-order valence-corrected chi connectivity index (χ2v) is 2.93. The van der Waals surface area contributed by atoms with Gasteiger partial charge in [0.2, 0.25) is 0 Å². The Morgan fingerprint density at radius 1 is 1.21 bits per heavy atom. The number of hydrogen-bond acceptors (Lipinski definition) is 2. The van der Waals surface area contributed by atoms with Gasteiger partial charge in [-0.1, -0.05) is 24.3 Å². The molecule has 3 heteroatoms. The maximum atomic E-state index is 4.05. The standard InChI is InChI=1S/C11H11N3/c1-2-3-10-4-6-11(7-5-10)14-9-12-8-13-14/h2-9H,1H3/b3-2+. The highest BCUT2D eigenvalue weighted by molar-refractivity contribution is 5.51. The molecule has 2 aromatic rings. The van der Waals surface area contributed by atoms with Crippen molar-refractivity contribution in [3.8, 4) is 5.69 Å². The monoisotopic (exact) mass is 185 g/mol. The Morgan fingerprint density at radius 2 is 2.00 bits per heavy atom. The normalized spacial score (nSPS) is 10.9. The van der Waals surface area contributed by atoms with Gasteiger partial charge in [-0.25, -0.2) is 9.67 Å². The van der Waals surface area contributed by atoms with E-state index < -0.39 is 0 Å². The van der Waals surface area contributed by atoms with Crippen LogP contribution in [-0.2, 0) is 0 Å². The Bertz CT molecular complexity index is 412. The quantitative estimate of drug-likeness (QED) is 0.718. The van der Waals surface area contributed by atoms with Gasteiger partial charge in [-0.05, 0) is 24.6 Å². The van der Waals surface area contributed by atoms with Crippen molar-refractivity contribution in [1.82, 2.24) is 14.8 Å². The summed E-state index contributed by atoms with van der Waals surface area (Å²) in [6.45, 7) is 2.01. The zero-order chi connectivity index (χ0) is 9.80. The first-order valence-corrected chi connectivity index (χ1v) is 4.48. The van der Waals surface area contributed by atoms with Crippen molar-refractivity contribution in [2.45, 2.75) is 6.92 Å². The van der Waals surface area contributed by atoms with E-state index >= 15 is 0 Å². The summed E-state index contributed by atoms with van der Waals surface area (Å²) < 4.78 is 1.74. The smallest absolute Gasteiger partial charge is 0.138 e. The van der Waals surface area contributed by atoms with Gasteiger partial charge in [-0.15, -0.1) is 0 Å². The molecule has 0 fully saturated rings. The van der Waals surface area contributed by atoms with Gasteiger partial charge in [-0.2, -0.15) is 5.10 Å². The van der Waals surface area contributed by atoms with E-state index in [1.807, 2.05) is 25.1 Å². The lowest BCUT2D eigenvalue weighted by atomic mass is 10.2. The summed E-state index contributed by atoms with van der Waals surface area (Å²) in [6.07, 6.45) is 7.29. The Hall–Kier alpha value is -1.90. The molecule has 0 saturated carbocycles. The lowest BCUT2D eigenvalue weighted by molar-refractivity contribution is 0.879. The molecule has 0 aliphatic heterocycles. The van der Waals surface area contributed by atoms with E-state index in [-0.39, 0.29) is 0 Å². The summed E-state index contributed by atoms with van der Waals surface area (Å²) in [6, 6.07) is 8.14. The second kappa shape index (κ2) is 3.87. The summed E-state index contributed by atoms with van der Waals surface area (Å²) in [5.74, 6) is 0. The average molecular weight is 185 g/mol. The maximum Gasteiger partial charge on any atom is 0.138 e. The van der Waals surface area contributed by atoms with Gasteiger partial charge in [0, 0.05) is 0 Å². The minimum absolute atomic E-state index is 1.02. The van der Waals surface area contributed by atoms with Gasteiger partial charge in [0.05, 0.1) is 5.69 Å². The molecule has 0 spiro atoms. The van der Waals surface area contributed by atoms with Crippen LogP contribution in [-0.4, -0.2) is 14.8 Å². The Balaban J connectivity index is 2.31. The van der Waals surface area contributed by atoms with E-state index in [2.05, 4.69) is 28.3 Å². The van der Waals surface area contributed by atoms with E-state index in [0.29, 0.717) is 0 Å². The van der Waals surface area contributed by atoms with Gasteiger partial charge in [0.1, 0.15) is 12.7 Å². The molecular weight excluding hydrogens is 174 g/mol. The van der Waals surface area contributed by atoms with Crippen molar-refractivity contribution in [3.63, 3.8) is 0 Å². The SMILES string of the molecule is C/C=C/c1ccc(-n2cncn2)cc1. The van der Waals surface area contributed by atoms with Crippen LogP contribution in [0.1, 0.15) is 12.5 Å². The number of aromatic nitrogens is 3. The van der Waals surface area contributed by atoms with Crippen molar-refractivity contribution in [1.29, 1.82) is 0 Å². The molecule has 0 saturated heterocycles. The highest BCUT2D eigenvalue weighted by Crippen LogP contribution is 2.08. The highest BCUT2D eigenvalue weighted by Gasteiger charge is 1.94. The summed E-state index contributed by atoms with van der Waals surface area (Å²) in [4.78, 5) is 3.90. The molecule has 70 valence electrons. The number of hydrogen-bond donors (Lipinski definition) is 0. The Morgan fingerprint density at radius 3 is 2.57 bits per heavy atom. The fraction of sp³-hybridized carbons (Fsp3) is 0.0909. The summed E-state index contributed by atoms with van der Waals surface area (Å²) in [5.41, 5.74) is 2.21. The molecule has 2 rings (SSSR count). The number of benzene rings is 1. The third-order valence-electron chi connectivity index (χ3n) is 1.94. The van der Waals surface area contributed by atoms with E-state index in [0.717, 1.165) is 5.69 Å². The van der Waals surface area contributed by atoms with Crippen molar-refractivity contribution < 1.29 is 0 Å². The summed E-state index contributed by atoms with van der Waals surface area (Å²) in [5, 5.41) is 4.05. The fourth-order valence-corrected chi connectivity index (χ4v) is 1.27. The van der Waals surface area contributed by atoms with Crippen LogP contribution < -0.4 is 0 Å². The molecule has 1 aromatic heterocycles. The van der Waals surface area contributed by atoms with Crippen LogP contribution in [0.25, 0.3) is 11.8 Å². The van der Waals surface area contributed by atoms with Crippen LogP contribution in [0.2, 0.25) is 0 Å². The van der Waals surface area contributed by atoms with E-state index in [4.69, 9.17) is 0 Å². The Kier molecular flexibility index (Phi) is 2.40. The molecule has 3 nitrogen and oxygen atoms in total. The molecule has 0 atom stereocenters. The molecule has 0 unspecified atom stereocenters. The van der Waals surface area contributed by atoms with Crippen molar-refractivity contribution >= 4 is 6.08 Å². The topological polar surface area (TPSA) is 30.7 Å². The second-order valence-electron chi connectivity index (χ2n) is 2.93. The molecule has 14 heavy (non-hydrogen) atoms. The molecule has 1 aromatic carbocycles. The molecule has 0 amide bonds. The van der Waals surface area contributed by atoms with Crippen molar-refractivity contribution in [2.24, 2.45) is 0 Å². The predicted molar refractivity (Wildman–Crippen MR) is 56.1 cm³/mol. The summed E-state index contributed by atoms with van der Waals surface area (Å²) >= 11 is 0. The highest BCUT2D eigenvalue weighted by atomic mass is 15.3. The molecule has 0 aliphatic rings. The van der Waals surface area contributed by atoms with E-state index in [9.17, 15) is 0 Å². The molecule has 0 aliphatic carbocycles. The minimum atomic E-state index is 1.02. The van der Waals surface area contributed by atoms with Gasteiger partial charge < -0.3 is 0 Å². The number of nitrogens with zero attached hydrogens (tertiary/aromatic N) is 3. The lowest BCUT2D eigenvalue weighted by Crippen LogP contribution is -1.93. The van der Waals surface area contributed by atoms with Crippen LogP contribution in [0.15, 0.2) is 43.0 Å². The first kappa shape index (κ1) is 8.69. The lowest BCUT2D eigenvalue weighted by Gasteiger charge is -1.99. The van der Waals surface area contributed by atoms with Gasteiger partial charge in [0.15, 0.2) is 0 Å². The maximum absolute atomic E-state index is 4.05. The molecule has 1 heterocycles. The first-order valence-electron chi connectivity index (χ1n) is 4.48. The van der Waals surface area contributed by atoms with Gasteiger partial charge in [-0.3, -0.25) is 0 Å². The van der Waals surface area contributed by atoms with Crippen LogP contribution >= 0.6 is 0 Å². The average Bonchev–Trinajstić information content (AvgIpc) is 2.72. The number of allylic oxidation sites excluding steroid dienone is 1. The summed E-state index contributed by atoms with van der Waals surface area (Å²) in [7, 11) is 0. The van der Waals surface area contributed by atoms with Crippen LogP contribution in [0.5, 0.6) is 0 Å². The van der Waals surface area contributed by atoms with Crippen molar-refractivity contribution in [3.05, 3.63) is 48.6 Å². The molecule has 0 N–H and O–H groups in total. The van der Waals surface area contributed by atoms with Gasteiger partial charge >= 0.3 is 0 Å². The van der Waals surface area contributed by atoms with Gasteiger partial charge in [0.25, 0.3) is 0 Å². The third-order valence-corrected chi connectivity index (χ3v) is 1.94. The van der Waals surface area contributed by atoms with E-state index in [1.165, 1.54) is 11.9 Å². The van der Waals surface area contributed by atoms with Crippen LogP contribution in [0.4, 0.5) is 0 Å². The molecule has 0 bridgehead atoms. The van der Waals surface area contributed by atoms with Crippen LogP contribution in [0, 0.1) is 0 Å². The van der Waals surface area contributed by atoms with Crippen LogP contribution in [0.3, 0.4) is 0 Å². The predicted octanol–water partition coefficient (Wildman–Crippen LogP) is 2.30. The molecule has 0 radical (unpaired) electrons. The van der Waals surface area contributed by atoms with Crippen molar-refractivity contribution in [2.75, 3.05) is 0 Å². The minimum Gasteiger partial charge on any atom is -0.223 e. The third kappa shape index (κ3) is 1.71. The Labute approximate surface area is 82.7 Å². The zero-order valence-electron chi connectivity index (χ0n) is 7.96. The zero-order valence-corrected chi connectivity index (χ0v) is 7.96. The largest absolute Gasteiger partial charge is 0.223 e. The first-order chi connectivity index (χ1) is 6.90. The van der Waals surface area contributed by atoms with E-state index in [1.54, 1.807) is 11.0 Å². The number of rotatable bonds is 2. The molecular formula is C11H11N3. The fourth-order valence-electron chi connectivity index (χ4n) is 1.27.